The van der Waals surface area contributed by atoms with E-state index in [9.17, 15) is 9.59 Å². The number of carbonyl (C=O) groups is 2. The van der Waals surface area contributed by atoms with Gasteiger partial charge in [-0.05, 0) is 12.3 Å². The molecule has 0 aromatic carbocycles. The first-order chi connectivity index (χ1) is 6.99. The van der Waals surface area contributed by atoms with Crippen molar-refractivity contribution in [1.29, 1.82) is 0 Å². The molecule has 1 aliphatic heterocycles. The van der Waals surface area contributed by atoms with Gasteiger partial charge in [0.05, 0.1) is 5.92 Å². The molecule has 86 valence electrons. The molecule has 1 aliphatic rings. The highest BCUT2D eigenvalue weighted by Gasteiger charge is 2.39. The van der Waals surface area contributed by atoms with Gasteiger partial charge in [-0.1, -0.05) is 13.8 Å². The third-order valence-electron chi connectivity index (χ3n) is 3.01. The Morgan fingerprint density at radius 1 is 1.47 bits per heavy atom. The molecule has 1 fully saturated rings. The molecule has 2 unspecified atom stereocenters. The fourth-order valence-electron chi connectivity index (χ4n) is 1.82. The molecule has 4 N–H and O–H groups in total. The number of carbonyl (C=O) groups excluding carboxylic acids is 2. The molecule has 1 saturated heterocycles. The van der Waals surface area contributed by atoms with Crippen LogP contribution in [0.2, 0.25) is 0 Å². The minimum absolute atomic E-state index is 0.0393. The van der Waals surface area contributed by atoms with E-state index in [1.165, 1.54) is 0 Å². The zero-order valence-corrected chi connectivity index (χ0v) is 9.27. The first-order valence-electron chi connectivity index (χ1n) is 5.29. The number of likely N-dealkylation sites (tertiary alicyclic amines) is 1. The summed E-state index contributed by atoms with van der Waals surface area (Å²) in [6.07, 6.45) is 0.677. The predicted molar refractivity (Wildman–Crippen MR) is 56.7 cm³/mol. The van der Waals surface area contributed by atoms with Crippen LogP contribution in [-0.4, -0.2) is 35.8 Å². The molecule has 5 nitrogen and oxygen atoms in total. The quantitative estimate of drug-likeness (QED) is 0.647. The van der Waals surface area contributed by atoms with Gasteiger partial charge in [-0.3, -0.25) is 9.59 Å². The Labute approximate surface area is 89.8 Å². The largest absolute Gasteiger partial charge is 0.368 e. The summed E-state index contributed by atoms with van der Waals surface area (Å²) in [6, 6.07) is -0.412. The van der Waals surface area contributed by atoms with Crippen molar-refractivity contribution in [3.8, 4) is 0 Å². The van der Waals surface area contributed by atoms with Gasteiger partial charge < -0.3 is 16.4 Å². The third kappa shape index (κ3) is 2.28. The van der Waals surface area contributed by atoms with Gasteiger partial charge in [-0.15, -0.1) is 0 Å². The highest BCUT2D eigenvalue weighted by molar-refractivity contribution is 5.89. The number of hydrogen-bond acceptors (Lipinski definition) is 3. The van der Waals surface area contributed by atoms with Crippen LogP contribution in [0.4, 0.5) is 0 Å². The fourth-order valence-corrected chi connectivity index (χ4v) is 1.82. The van der Waals surface area contributed by atoms with Crippen molar-refractivity contribution in [1.82, 2.24) is 4.90 Å². The lowest BCUT2D eigenvalue weighted by Crippen LogP contribution is -2.59. The van der Waals surface area contributed by atoms with Gasteiger partial charge in [0.2, 0.25) is 11.8 Å². The maximum Gasteiger partial charge on any atom is 0.240 e. The maximum atomic E-state index is 12.0. The third-order valence-corrected chi connectivity index (χ3v) is 3.01. The number of nitrogens with two attached hydrogens (primary N) is 2. The summed E-state index contributed by atoms with van der Waals surface area (Å²) in [6.45, 7) is 4.84. The molecular formula is C10H19N3O2. The minimum Gasteiger partial charge on any atom is -0.368 e. The molecule has 2 atom stereocenters. The Balaban J connectivity index is 2.64. The lowest BCUT2D eigenvalue weighted by molar-refractivity contribution is -0.150. The van der Waals surface area contributed by atoms with Crippen molar-refractivity contribution in [2.75, 3.05) is 13.1 Å². The Hall–Kier alpha value is -1.10. The SMILES string of the molecule is CC(C)C(CN)C(=O)N1CCC1C(N)=O. The van der Waals surface area contributed by atoms with Crippen LogP contribution in [0, 0.1) is 11.8 Å². The van der Waals surface area contributed by atoms with Crippen LogP contribution >= 0.6 is 0 Å². The summed E-state index contributed by atoms with van der Waals surface area (Å²) >= 11 is 0. The van der Waals surface area contributed by atoms with E-state index in [1.807, 2.05) is 13.8 Å². The zero-order chi connectivity index (χ0) is 11.6. The zero-order valence-electron chi connectivity index (χ0n) is 9.27. The number of nitrogens with zero attached hydrogens (tertiary/aromatic N) is 1. The molecular weight excluding hydrogens is 194 g/mol. The lowest BCUT2D eigenvalue weighted by atomic mass is 9.91. The second kappa shape index (κ2) is 4.61. The number of rotatable bonds is 4. The summed E-state index contributed by atoms with van der Waals surface area (Å²) in [5.41, 5.74) is 10.7. The molecule has 1 heterocycles. The van der Waals surface area contributed by atoms with E-state index >= 15 is 0 Å². The molecule has 0 radical (unpaired) electrons. The second-order valence-electron chi connectivity index (χ2n) is 4.32. The highest BCUT2D eigenvalue weighted by atomic mass is 16.2. The first-order valence-corrected chi connectivity index (χ1v) is 5.29. The Bertz CT molecular complexity index is 265. The standard InChI is InChI=1S/C10H19N3O2/c1-6(2)7(5-11)10(15)13-4-3-8(13)9(12)14/h6-8H,3-5,11H2,1-2H3,(H2,12,14). The summed E-state index contributed by atoms with van der Waals surface area (Å²) in [5, 5.41) is 0. The molecule has 5 heteroatoms. The maximum absolute atomic E-state index is 12.0. The second-order valence-corrected chi connectivity index (χ2v) is 4.32. The molecule has 0 saturated carbocycles. The highest BCUT2D eigenvalue weighted by Crippen LogP contribution is 2.22. The van der Waals surface area contributed by atoms with Crippen LogP contribution in [0.5, 0.6) is 0 Å². The average molecular weight is 213 g/mol. The molecule has 0 spiro atoms. The number of primary amides is 1. The van der Waals surface area contributed by atoms with Crippen LogP contribution in [0.25, 0.3) is 0 Å². The molecule has 2 amide bonds. The van der Waals surface area contributed by atoms with Gasteiger partial charge in [0.25, 0.3) is 0 Å². The van der Waals surface area contributed by atoms with E-state index in [2.05, 4.69) is 0 Å². The van der Waals surface area contributed by atoms with E-state index in [0.29, 0.717) is 19.5 Å². The first kappa shape index (κ1) is 12.0. The topological polar surface area (TPSA) is 89.4 Å². The fraction of sp³-hybridized carbons (Fsp3) is 0.800. The minimum atomic E-state index is -0.422. The van der Waals surface area contributed by atoms with Gasteiger partial charge in [0.1, 0.15) is 6.04 Å². The van der Waals surface area contributed by atoms with Crippen LogP contribution in [-0.2, 0) is 9.59 Å². The molecule has 15 heavy (non-hydrogen) atoms. The molecule has 1 rings (SSSR count). The number of amides is 2. The van der Waals surface area contributed by atoms with Crippen molar-refractivity contribution < 1.29 is 9.59 Å². The molecule has 0 aliphatic carbocycles. The lowest BCUT2D eigenvalue weighted by Gasteiger charge is -2.41. The summed E-state index contributed by atoms with van der Waals surface area (Å²) in [5.74, 6) is -0.472. The van der Waals surface area contributed by atoms with Crippen LogP contribution in [0.15, 0.2) is 0 Å². The van der Waals surface area contributed by atoms with Crippen molar-refractivity contribution >= 4 is 11.8 Å². The van der Waals surface area contributed by atoms with Gasteiger partial charge in [0, 0.05) is 13.1 Å². The van der Waals surface area contributed by atoms with Gasteiger partial charge >= 0.3 is 0 Å². The monoisotopic (exact) mass is 213 g/mol. The normalized spacial score (nSPS) is 22.4. The van der Waals surface area contributed by atoms with Crippen molar-refractivity contribution in [2.45, 2.75) is 26.3 Å². The molecule has 0 bridgehead atoms. The summed E-state index contributed by atoms with van der Waals surface area (Å²) in [4.78, 5) is 24.5. The molecule has 0 aromatic heterocycles. The molecule has 0 aromatic rings. The Kier molecular flexibility index (Phi) is 3.68. The summed E-state index contributed by atoms with van der Waals surface area (Å²) < 4.78 is 0. The van der Waals surface area contributed by atoms with E-state index in [4.69, 9.17) is 11.5 Å². The van der Waals surface area contributed by atoms with E-state index in [1.54, 1.807) is 4.90 Å². The van der Waals surface area contributed by atoms with E-state index in [-0.39, 0.29) is 17.7 Å². The Morgan fingerprint density at radius 3 is 2.33 bits per heavy atom. The van der Waals surface area contributed by atoms with Crippen LogP contribution in [0.3, 0.4) is 0 Å². The smallest absolute Gasteiger partial charge is 0.240 e. The van der Waals surface area contributed by atoms with E-state index in [0.717, 1.165) is 0 Å². The average Bonchev–Trinajstić information content (AvgIpc) is 2.00. The van der Waals surface area contributed by atoms with Gasteiger partial charge in [-0.25, -0.2) is 0 Å². The number of hydrogen-bond donors (Lipinski definition) is 2. The van der Waals surface area contributed by atoms with Gasteiger partial charge in [0.15, 0.2) is 0 Å². The van der Waals surface area contributed by atoms with Crippen LogP contribution < -0.4 is 11.5 Å². The van der Waals surface area contributed by atoms with E-state index < -0.39 is 11.9 Å². The Morgan fingerprint density at radius 2 is 2.07 bits per heavy atom. The summed E-state index contributed by atoms with van der Waals surface area (Å²) in [7, 11) is 0. The van der Waals surface area contributed by atoms with Crippen LogP contribution in [0.1, 0.15) is 20.3 Å². The predicted octanol–water partition coefficient (Wildman–Crippen LogP) is -0.696. The van der Waals surface area contributed by atoms with Crippen molar-refractivity contribution in [3.05, 3.63) is 0 Å². The van der Waals surface area contributed by atoms with Crippen molar-refractivity contribution in [3.63, 3.8) is 0 Å². The van der Waals surface area contributed by atoms with Crippen molar-refractivity contribution in [2.24, 2.45) is 23.3 Å². The van der Waals surface area contributed by atoms with Gasteiger partial charge in [-0.2, -0.15) is 0 Å².